The van der Waals surface area contributed by atoms with E-state index in [4.69, 9.17) is 11.6 Å². The van der Waals surface area contributed by atoms with Crippen LogP contribution in [-0.4, -0.2) is 4.98 Å². The maximum atomic E-state index is 12.1. The zero-order chi connectivity index (χ0) is 9.30. The number of nitrogens with one attached hydrogen (secondary N) is 1. The largest absolute Gasteiger partial charge is 0.351 e. The molecule has 2 nitrogen and oxygen atoms in total. The molecule has 1 N–H and O–H groups in total. The van der Waals surface area contributed by atoms with Crippen LogP contribution in [0.4, 0.5) is 8.78 Å². The van der Waals surface area contributed by atoms with Crippen molar-refractivity contribution in [1.82, 2.24) is 4.98 Å². The summed E-state index contributed by atoms with van der Waals surface area (Å²) >= 11 is 8.15. The molecule has 66 valence electrons. The van der Waals surface area contributed by atoms with Crippen LogP contribution in [0.3, 0.4) is 0 Å². The number of alkyl halides is 2. The van der Waals surface area contributed by atoms with E-state index in [1.54, 1.807) is 0 Å². The Balaban J connectivity index is 3.44. The topological polar surface area (TPSA) is 32.9 Å². The number of halogens is 4. The number of H-pyrrole nitrogens is 1. The minimum atomic E-state index is -2.86. The molecule has 0 fully saturated rings. The van der Waals surface area contributed by atoms with Gasteiger partial charge in [-0.15, -0.1) is 0 Å². The first kappa shape index (κ1) is 9.67. The van der Waals surface area contributed by atoms with Gasteiger partial charge < -0.3 is 4.98 Å². The maximum absolute atomic E-state index is 12.1. The Morgan fingerprint density at radius 3 is 2.58 bits per heavy atom. The molecule has 0 bridgehead atoms. The number of pyridine rings is 1. The molecule has 1 rings (SSSR count). The number of rotatable bonds is 1. The number of hydrogen-bond donors (Lipinski definition) is 1. The Hall–Kier alpha value is -0.420. The summed E-state index contributed by atoms with van der Waals surface area (Å²) in [6.07, 6.45) is -1.64. The summed E-state index contributed by atoms with van der Waals surface area (Å²) in [5, 5.41) is -0.321. The molecule has 0 unspecified atom stereocenters. The summed E-state index contributed by atoms with van der Waals surface area (Å²) in [5.41, 5.74) is -1.49. The monoisotopic (exact) mass is 257 g/mol. The zero-order valence-electron chi connectivity index (χ0n) is 5.57. The fraction of sp³-hybridized carbons (Fsp3) is 0.167. The van der Waals surface area contributed by atoms with Gasteiger partial charge in [-0.25, -0.2) is 8.78 Å². The van der Waals surface area contributed by atoms with Crippen molar-refractivity contribution in [3.05, 3.63) is 31.6 Å². The second-order valence-electron chi connectivity index (χ2n) is 1.99. The number of hydrogen-bond acceptors (Lipinski definition) is 1. The van der Waals surface area contributed by atoms with E-state index < -0.39 is 17.4 Å². The fourth-order valence-corrected chi connectivity index (χ4v) is 1.24. The molecular weight excluding hydrogens is 255 g/mol. The SMILES string of the molecule is O=c1c(Br)c[nH]c(Cl)c1C(F)F. The predicted octanol–water partition coefficient (Wildman–Crippen LogP) is 2.73. The van der Waals surface area contributed by atoms with Crippen LogP contribution in [0, 0.1) is 0 Å². The van der Waals surface area contributed by atoms with E-state index in [9.17, 15) is 13.6 Å². The van der Waals surface area contributed by atoms with E-state index >= 15 is 0 Å². The van der Waals surface area contributed by atoms with Gasteiger partial charge in [0.15, 0.2) is 0 Å². The lowest BCUT2D eigenvalue weighted by atomic mass is 10.3. The van der Waals surface area contributed by atoms with Gasteiger partial charge in [0, 0.05) is 6.20 Å². The fourth-order valence-electron chi connectivity index (χ4n) is 0.693. The molecule has 0 amide bonds. The molecule has 0 aliphatic heterocycles. The van der Waals surface area contributed by atoms with E-state index in [2.05, 4.69) is 20.9 Å². The van der Waals surface area contributed by atoms with Crippen LogP contribution in [0.5, 0.6) is 0 Å². The Labute approximate surface area is 79.7 Å². The highest BCUT2D eigenvalue weighted by Gasteiger charge is 2.17. The zero-order valence-corrected chi connectivity index (χ0v) is 7.92. The van der Waals surface area contributed by atoms with Crippen LogP contribution in [0.15, 0.2) is 15.5 Å². The van der Waals surface area contributed by atoms with Crippen LogP contribution < -0.4 is 5.43 Å². The standard InChI is InChI=1S/C6H3BrClF2NO/c7-2-1-11-5(8)3(4(2)12)6(9)10/h1,6H,(H,11,12). The van der Waals surface area contributed by atoms with Crippen molar-refractivity contribution in [2.75, 3.05) is 0 Å². The lowest BCUT2D eigenvalue weighted by Crippen LogP contribution is -2.11. The minimum Gasteiger partial charge on any atom is -0.351 e. The van der Waals surface area contributed by atoms with Gasteiger partial charge >= 0.3 is 0 Å². The molecule has 1 aromatic rings. The highest BCUT2D eigenvalue weighted by atomic mass is 79.9. The molecule has 0 aliphatic carbocycles. The van der Waals surface area contributed by atoms with Crippen molar-refractivity contribution in [2.45, 2.75) is 6.43 Å². The van der Waals surface area contributed by atoms with Crippen LogP contribution >= 0.6 is 27.5 Å². The first-order valence-corrected chi connectivity index (χ1v) is 4.06. The lowest BCUT2D eigenvalue weighted by Gasteiger charge is -2.01. The third-order valence-corrected chi connectivity index (χ3v) is 2.14. The normalized spacial score (nSPS) is 10.8. The minimum absolute atomic E-state index is 0.0437. The highest BCUT2D eigenvalue weighted by molar-refractivity contribution is 9.10. The summed E-state index contributed by atoms with van der Waals surface area (Å²) < 4.78 is 24.3. The van der Waals surface area contributed by atoms with Gasteiger partial charge in [-0.2, -0.15) is 0 Å². The molecule has 12 heavy (non-hydrogen) atoms. The second kappa shape index (κ2) is 3.53. The smallest absolute Gasteiger partial charge is 0.270 e. The van der Waals surface area contributed by atoms with Gasteiger partial charge in [0.25, 0.3) is 6.43 Å². The summed E-state index contributed by atoms with van der Waals surface area (Å²) in [4.78, 5) is 13.3. The van der Waals surface area contributed by atoms with Gasteiger partial charge in [0.2, 0.25) is 5.43 Å². The molecule has 0 radical (unpaired) electrons. The van der Waals surface area contributed by atoms with Crippen molar-refractivity contribution in [1.29, 1.82) is 0 Å². The average Bonchev–Trinajstić information content (AvgIpc) is 1.97. The van der Waals surface area contributed by atoms with Crippen molar-refractivity contribution >= 4 is 27.5 Å². The van der Waals surface area contributed by atoms with Gasteiger partial charge in [-0.3, -0.25) is 4.79 Å². The van der Waals surface area contributed by atoms with E-state index in [0.29, 0.717) is 0 Å². The molecule has 0 saturated heterocycles. The molecule has 1 heterocycles. The van der Waals surface area contributed by atoms with Crippen LogP contribution in [0.2, 0.25) is 5.15 Å². The summed E-state index contributed by atoms with van der Waals surface area (Å²) in [6, 6.07) is 0. The Morgan fingerprint density at radius 2 is 2.17 bits per heavy atom. The first-order chi connectivity index (χ1) is 5.54. The molecule has 1 aromatic heterocycles. The maximum Gasteiger partial charge on any atom is 0.270 e. The predicted molar refractivity (Wildman–Crippen MR) is 44.7 cm³/mol. The molecule has 0 spiro atoms. The Bertz CT molecular complexity index is 352. The van der Waals surface area contributed by atoms with Crippen molar-refractivity contribution in [3.63, 3.8) is 0 Å². The van der Waals surface area contributed by atoms with Crippen molar-refractivity contribution in [2.24, 2.45) is 0 Å². The van der Waals surface area contributed by atoms with Crippen molar-refractivity contribution < 1.29 is 8.78 Å². The van der Waals surface area contributed by atoms with E-state index in [-0.39, 0.29) is 9.63 Å². The molecule has 0 aliphatic rings. The summed E-state index contributed by atoms with van der Waals surface area (Å²) in [5.74, 6) is 0. The Morgan fingerprint density at radius 1 is 1.58 bits per heavy atom. The Kier molecular flexibility index (Phi) is 2.85. The van der Waals surface area contributed by atoms with Crippen LogP contribution in [0.1, 0.15) is 12.0 Å². The summed E-state index contributed by atoms with van der Waals surface area (Å²) in [7, 11) is 0. The molecular formula is C6H3BrClF2NO. The lowest BCUT2D eigenvalue weighted by molar-refractivity contribution is 0.150. The van der Waals surface area contributed by atoms with Gasteiger partial charge in [-0.05, 0) is 15.9 Å². The van der Waals surface area contributed by atoms with Gasteiger partial charge in [0.05, 0.1) is 4.47 Å². The highest BCUT2D eigenvalue weighted by Crippen LogP contribution is 2.22. The first-order valence-electron chi connectivity index (χ1n) is 2.88. The number of aromatic amines is 1. The third kappa shape index (κ3) is 1.67. The van der Waals surface area contributed by atoms with Crippen molar-refractivity contribution in [3.8, 4) is 0 Å². The molecule has 0 atom stereocenters. The van der Waals surface area contributed by atoms with E-state index in [1.165, 1.54) is 6.20 Å². The summed E-state index contributed by atoms with van der Waals surface area (Å²) in [6.45, 7) is 0. The molecule has 0 aromatic carbocycles. The quantitative estimate of drug-likeness (QED) is 0.772. The third-order valence-electron chi connectivity index (χ3n) is 1.24. The number of aromatic nitrogens is 1. The van der Waals surface area contributed by atoms with E-state index in [1.807, 2.05) is 0 Å². The van der Waals surface area contributed by atoms with E-state index in [0.717, 1.165) is 0 Å². The second-order valence-corrected chi connectivity index (χ2v) is 3.23. The molecule has 6 heteroatoms. The molecule has 0 saturated carbocycles. The van der Waals surface area contributed by atoms with Gasteiger partial charge in [0.1, 0.15) is 10.7 Å². The van der Waals surface area contributed by atoms with Gasteiger partial charge in [-0.1, -0.05) is 11.6 Å². The van der Waals surface area contributed by atoms with Crippen LogP contribution in [0.25, 0.3) is 0 Å². The average molecular weight is 258 g/mol. The van der Waals surface area contributed by atoms with Crippen LogP contribution in [-0.2, 0) is 0 Å².